The van der Waals surface area contributed by atoms with E-state index in [1.165, 1.54) is 0 Å². The summed E-state index contributed by atoms with van der Waals surface area (Å²) in [6, 6.07) is 17.9. The number of fused-ring (bicyclic) bond motifs is 1. The molecule has 2 fully saturated rings. The highest BCUT2D eigenvalue weighted by molar-refractivity contribution is 7.70. The monoisotopic (exact) mass is 986 g/mol. The molecule has 368 valence electrons. The molecule has 1 atom stereocenters. The molecule has 3 aliphatic heterocycles. The first-order valence-corrected chi connectivity index (χ1v) is 26.3. The number of amides is 5. The SMILES string of the molecule is COc1cc(N2CCN(C(=O)CCOCCOCCOCCOCCCc3cccc4c3C(=O)N(C3CCC(=O)NC3=O)C4=O)CC2)ccc1Cc1ncc(Cl)c(Cc2ccccc2P(C)(C)=O)n1. The molecule has 1 unspecified atom stereocenters. The van der Waals surface area contributed by atoms with Gasteiger partial charge in [0.1, 0.15) is 24.8 Å². The molecule has 0 bridgehead atoms. The van der Waals surface area contributed by atoms with E-state index in [1.807, 2.05) is 41.3 Å². The number of carbonyl (C=O) groups is 5. The average molecular weight is 987 g/mol. The Labute approximate surface area is 407 Å². The Bertz CT molecular complexity index is 2550. The quantitative estimate of drug-likeness (QED) is 0.0576. The van der Waals surface area contributed by atoms with E-state index in [0.29, 0.717) is 139 Å². The number of halogens is 1. The summed E-state index contributed by atoms with van der Waals surface area (Å²) in [7, 11) is -0.849. The molecule has 3 aromatic carbocycles. The van der Waals surface area contributed by atoms with Crippen LogP contribution in [0.15, 0.2) is 66.9 Å². The number of hydrogen-bond acceptors (Lipinski definition) is 14. The van der Waals surface area contributed by atoms with E-state index >= 15 is 0 Å². The normalized spacial score (nSPS) is 16.3. The van der Waals surface area contributed by atoms with Crippen molar-refractivity contribution in [1.82, 2.24) is 25.1 Å². The van der Waals surface area contributed by atoms with Crippen LogP contribution >= 0.6 is 18.7 Å². The predicted molar refractivity (Wildman–Crippen MR) is 259 cm³/mol. The number of methoxy groups -OCH3 is 1. The van der Waals surface area contributed by atoms with Gasteiger partial charge in [-0.15, -0.1) is 0 Å². The van der Waals surface area contributed by atoms with Gasteiger partial charge < -0.3 is 38.0 Å². The van der Waals surface area contributed by atoms with Gasteiger partial charge >= 0.3 is 0 Å². The lowest BCUT2D eigenvalue weighted by Gasteiger charge is -2.36. The van der Waals surface area contributed by atoms with Gasteiger partial charge in [0.05, 0.1) is 81.6 Å². The first-order valence-electron chi connectivity index (χ1n) is 23.3. The van der Waals surface area contributed by atoms with Gasteiger partial charge in [-0.05, 0) is 55.9 Å². The van der Waals surface area contributed by atoms with Crippen LogP contribution < -0.4 is 20.3 Å². The zero-order valence-corrected chi connectivity index (χ0v) is 41.1. The molecule has 17 nitrogen and oxygen atoms in total. The Morgan fingerprint density at radius 1 is 0.797 bits per heavy atom. The van der Waals surface area contributed by atoms with Gasteiger partial charge in [0.25, 0.3) is 11.8 Å². The topological polar surface area (TPSA) is 196 Å². The lowest BCUT2D eigenvalue weighted by Crippen LogP contribution is -2.54. The van der Waals surface area contributed by atoms with Crippen molar-refractivity contribution < 1.29 is 52.2 Å². The van der Waals surface area contributed by atoms with Gasteiger partial charge in [-0.3, -0.25) is 34.2 Å². The number of carbonyl (C=O) groups excluding carboxylic acids is 5. The minimum Gasteiger partial charge on any atom is -0.496 e. The third-order valence-corrected chi connectivity index (χ3v) is 14.2. The summed E-state index contributed by atoms with van der Waals surface area (Å²) in [4.78, 5) is 77.7. The van der Waals surface area contributed by atoms with Gasteiger partial charge in [0, 0.05) is 80.9 Å². The summed E-state index contributed by atoms with van der Waals surface area (Å²) < 4.78 is 41.3. The van der Waals surface area contributed by atoms with Crippen LogP contribution in [0.4, 0.5) is 5.69 Å². The number of piperazine rings is 1. The van der Waals surface area contributed by atoms with E-state index in [9.17, 15) is 28.5 Å². The number of rotatable bonds is 24. The smallest absolute Gasteiger partial charge is 0.262 e. The number of piperidine rings is 1. The van der Waals surface area contributed by atoms with Crippen molar-refractivity contribution in [3.63, 3.8) is 0 Å². The van der Waals surface area contributed by atoms with E-state index < -0.39 is 36.8 Å². The van der Waals surface area contributed by atoms with Crippen molar-refractivity contribution in [2.75, 3.05) is 104 Å². The highest BCUT2D eigenvalue weighted by Gasteiger charge is 2.45. The van der Waals surface area contributed by atoms with Crippen LogP contribution in [0.3, 0.4) is 0 Å². The maximum Gasteiger partial charge on any atom is 0.262 e. The lowest BCUT2D eigenvalue weighted by atomic mass is 9.99. The molecular formula is C50H60ClN6O11P. The molecular weight excluding hydrogens is 927 g/mol. The molecule has 2 saturated heterocycles. The van der Waals surface area contributed by atoms with E-state index in [0.717, 1.165) is 32.8 Å². The Morgan fingerprint density at radius 2 is 1.48 bits per heavy atom. The molecule has 5 amide bonds. The summed E-state index contributed by atoms with van der Waals surface area (Å²) in [6.45, 7) is 9.12. The number of benzene rings is 3. The van der Waals surface area contributed by atoms with E-state index in [1.54, 1.807) is 44.8 Å². The molecule has 3 aliphatic rings. The maximum absolute atomic E-state index is 13.3. The number of aromatic nitrogens is 2. The minimum absolute atomic E-state index is 0.0527. The Morgan fingerprint density at radius 3 is 2.17 bits per heavy atom. The van der Waals surface area contributed by atoms with Crippen molar-refractivity contribution in [2.45, 2.75) is 51.0 Å². The molecule has 69 heavy (non-hydrogen) atoms. The van der Waals surface area contributed by atoms with Crippen LogP contribution in [0.25, 0.3) is 0 Å². The summed E-state index contributed by atoms with van der Waals surface area (Å²) >= 11 is 6.54. The van der Waals surface area contributed by atoms with Gasteiger partial charge in [0.2, 0.25) is 17.7 Å². The Balaban J connectivity index is 0.719. The van der Waals surface area contributed by atoms with Crippen molar-refractivity contribution >= 4 is 59.3 Å². The molecule has 1 aromatic heterocycles. The van der Waals surface area contributed by atoms with Crippen LogP contribution in [0.1, 0.15) is 74.6 Å². The van der Waals surface area contributed by atoms with Crippen LogP contribution in [0, 0.1) is 0 Å². The number of hydrogen-bond donors (Lipinski definition) is 1. The van der Waals surface area contributed by atoms with Gasteiger partial charge in [-0.25, -0.2) is 9.97 Å². The fraction of sp³-hybridized carbons (Fsp3) is 0.460. The van der Waals surface area contributed by atoms with Crippen molar-refractivity contribution in [3.8, 4) is 5.75 Å². The van der Waals surface area contributed by atoms with E-state index in [4.69, 9.17) is 40.3 Å². The minimum atomic E-state index is -2.49. The first-order chi connectivity index (χ1) is 33.3. The molecule has 19 heteroatoms. The third kappa shape index (κ3) is 13.4. The van der Waals surface area contributed by atoms with Gasteiger partial charge in [0.15, 0.2) is 0 Å². The number of nitrogens with zero attached hydrogens (tertiary/aromatic N) is 5. The molecule has 0 saturated carbocycles. The molecule has 0 radical (unpaired) electrons. The molecule has 7 rings (SSSR count). The Hall–Kier alpha value is -5.55. The summed E-state index contributed by atoms with van der Waals surface area (Å²) in [5, 5.41) is 3.50. The molecule has 4 aromatic rings. The zero-order chi connectivity index (χ0) is 48.9. The second kappa shape index (κ2) is 24.3. The van der Waals surface area contributed by atoms with Gasteiger partial charge in [-0.2, -0.15) is 0 Å². The zero-order valence-electron chi connectivity index (χ0n) is 39.4. The second-order valence-electron chi connectivity index (χ2n) is 17.4. The van der Waals surface area contributed by atoms with Gasteiger partial charge in [-0.1, -0.05) is 54.1 Å². The van der Waals surface area contributed by atoms with Crippen molar-refractivity contribution in [3.05, 3.63) is 111 Å². The number of nitrogens with one attached hydrogen (secondary N) is 1. The number of imide groups is 2. The molecule has 0 spiro atoms. The Kier molecular flexibility index (Phi) is 18.1. The van der Waals surface area contributed by atoms with E-state index in [2.05, 4.69) is 21.3 Å². The number of ether oxygens (including phenoxy) is 5. The fourth-order valence-corrected chi connectivity index (χ4v) is 10.2. The van der Waals surface area contributed by atoms with E-state index in [-0.39, 0.29) is 24.3 Å². The van der Waals surface area contributed by atoms with Crippen molar-refractivity contribution in [2.24, 2.45) is 0 Å². The largest absolute Gasteiger partial charge is 0.496 e. The standard InChI is InChI=1S/C50H60ClN6O11P/c1-64-42-32-37(14-13-35(42)31-44-52-33-39(51)40(53-44)30-36-8-4-5-12-43(36)69(2,3)63)55-18-20-56(21-19-55)46(59)17-23-66-25-27-68-29-28-67-26-24-65-22-7-10-34-9-6-11-38-47(34)50(62)57(49(38)61)41-15-16-45(58)54-48(41)60/h4-6,8-9,11-14,32-33,41H,7,10,15-31H2,1-3H3,(H,54,58,60). The molecule has 4 heterocycles. The average Bonchev–Trinajstić information content (AvgIpc) is 3.59. The van der Waals surface area contributed by atoms with Crippen LogP contribution in [0.2, 0.25) is 5.02 Å². The number of anilines is 1. The highest BCUT2D eigenvalue weighted by Crippen LogP contribution is 2.37. The number of aryl methyl sites for hydroxylation is 1. The predicted octanol–water partition coefficient (Wildman–Crippen LogP) is 4.71. The maximum atomic E-state index is 13.3. The third-order valence-electron chi connectivity index (χ3n) is 12.3. The summed E-state index contributed by atoms with van der Waals surface area (Å²) in [5.74, 6) is -0.696. The highest BCUT2D eigenvalue weighted by atomic mass is 35.5. The first kappa shape index (κ1) is 51.3. The second-order valence-corrected chi connectivity index (χ2v) is 21.0. The van der Waals surface area contributed by atoms with Crippen LogP contribution in [-0.2, 0) is 57.2 Å². The molecule has 1 N–H and O–H groups in total. The summed E-state index contributed by atoms with van der Waals surface area (Å²) in [6.07, 6.45) is 4.10. The van der Waals surface area contributed by atoms with Crippen LogP contribution in [-0.4, -0.2) is 155 Å². The fourth-order valence-electron chi connectivity index (χ4n) is 8.72. The van der Waals surface area contributed by atoms with Crippen molar-refractivity contribution in [1.29, 1.82) is 0 Å². The lowest BCUT2D eigenvalue weighted by molar-refractivity contribution is -0.136. The van der Waals surface area contributed by atoms with Crippen LogP contribution in [0.5, 0.6) is 5.75 Å². The summed E-state index contributed by atoms with van der Waals surface area (Å²) in [5.41, 5.74) is 4.84. The molecule has 0 aliphatic carbocycles.